The number of likely N-dealkylation sites (N-methyl/N-ethyl adjacent to an activating group) is 1. The van der Waals surface area contributed by atoms with E-state index in [1.54, 1.807) is 0 Å². The average molecular weight is 448 g/mol. The number of hydrogen-bond acceptors (Lipinski definition) is 5. The normalized spacial score (nSPS) is 19.4. The molecule has 1 aliphatic heterocycles. The highest BCUT2D eigenvalue weighted by molar-refractivity contribution is 8.00. The summed E-state index contributed by atoms with van der Waals surface area (Å²) < 4.78 is 2.23. The Morgan fingerprint density at radius 1 is 1.17 bits per heavy atom. The third-order valence-electron chi connectivity index (χ3n) is 6.23. The Bertz CT molecular complexity index is 874. The van der Waals surface area contributed by atoms with Crippen LogP contribution in [-0.2, 0) is 4.79 Å². The Labute approximate surface area is 188 Å². The molecule has 162 valence electrons. The van der Waals surface area contributed by atoms with E-state index in [1.807, 2.05) is 36.1 Å². The molecule has 2 aromatic rings. The maximum Gasteiger partial charge on any atom is 0.235 e. The predicted octanol–water partition coefficient (Wildman–Crippen LogP) is 4.36. The summed E-state index contributed by atoms with van der Waals surface area (Å²) in [6.45, 7) is 8.71. The zero-order valence-electron chi connectivity index (χ0n) is 17.8. The number of rotatable bonds is 6. The van der Waals surface area contributed by atoms with Gasteiger partial charge in [-0.3, -0.25) is 9.36 Å². The van der Waals surface area contributed by atoms with Crippen molar-refractivity contribution in [1.82, 2.24) is 24.6 Å². The molecule has 8 heteroatoms. The first-order valence-corrected chi connectivity index (χ1v) is 12.2. The second kappa shape index (κ2) is 9.71. The van der Waals surface area contributed by atoms with Gasteiger partial charge in [-0.15, -0.1) is 10.2 Å². The van der Waals surface area contributed by atoms with Crippen molar-refractivity contribution < 1.29 is 4.79 Å². The van der Waals surface area contributed by atoms with Gasteiger partial charge in [-0.05, 0) is 38.4 Å². The number of piperazine rings is 1. The smallest absolute Gasteiger partial charge is 0.235 e. The Morgan fingerprint density at radius 3 is 2.53 bits per heavy atom. The molecular formula is C22H30ClN5OS. The molecule has 0 N–H and O–H groups in total. The first-order valence-electron chi connectivity index (χ1n) is 11.0. The van der Waals surface area contributed by atoms with Crippen LogP contribution in [-0.4, -0.2) is 68.4 Å². The predicted molar refractivity (Wildman–Crippen MR) is 122 cm³/mol. The Hall–Kier alpha value is -1.57. The molecule has 6 nitrogen and oxygen atoms in total. The van der Waals surface area contributed by atoms with Crippen LogP contribution in [0.25, 0.3) is 11.4 Å². The number of amides is 1. The molecule has 1 saturated carbocycles. The van der Waals surface area contributed by atoms with Crippen molar-refractivity contribution in [3.63, 3.8) is 0 Å². The molecule has 1 aliphatic carbocycles. The molecule has 1 aromatic heterocycles. The minimum Gasteiger partial charge on any atom is -0.339 e. The standard InChI is InChI=1S/C22H30ClN5OS/c1-3-26-12-14-27(15-13-26)21(29)16(2)30-22-25-24-20(18-10-6-7-11-19(18)23)28(22)17-8-4-5-9-17/h6-7,10-11,16-17H,3-5,8-9,12-15H2,1-2H3. The van der Waals surface area contributed by atoms with Crippen LogP contribution in [0, 0.1) is 0 Å². The lowest BCUT2D eigenvalue weighted by Gasteiger charge is -2.35. The van der Waals surface area contributed by atoms with E-state index in [0.29, 0.717) is 11.1 Å². The number of hydrogen-bond donors (Lipinski definition) is 0. The van der Waals surface area contributed by atoms with Crippen molar-refractivity contribution in [2.75, 3.05) is 32.7 Å². The zero-order chi connectivity index (χ0) is 21.1. The van der Waals surface area contributed by atoms with Gasteiger partial charge in [0.2, 0.25) is 5.91 Å². The number of thioether (sulfide) groups is 1. The van der Waals surface area contributed by atoms with Crippen molar-refractivity contribution in [2.24, 2.45) is 0 Å². The maximum absolute atomic E-state index is 13.1. The lowest BCUT2D eigenvalue weighted by molar-refractivity contribution is -0.132. The number of benzene rings is 1. The second-order valence-corrected chi connectivity index (χ2v) is 9.83. The van der Waals surface area contributed by atoms with E-state index in [0.717, 1.165) is 62.1 Å². The fourth-order valence-electron chi connectivity index (χ4n) is 4.43. The van der Waals surface area contributed by atoms with Crippen molar-refractivity contribution in [3.8, 4) is 11.4 Å². The van der Waals surface area contributed by atoms with Crippen LogP contribution >= 0.6 is 23.4 Å². The lowest BCUT2D eigenvalue weighted by Crippen LogP contribution is -2.50. The van der Waals surface area contributed by atoms with Crippen LogP contribution in [0.2, 0.25) is 5.02 Å². The van der Waals surface area contributed by atoms with Crippen molar-refractivity contribution in [2.45, 2.75) is 56.0 Å². The number of carbonyl (C=O) groups is 1. The van der Waals surface area contributed by atoms with Gasteiger partial charge in [0.15, 0.2) is 11.0 Å². The van der Waals surface area contributed by atoms with Crippen molar-refractivity contribution >= 4 is 29.3 Å². The SMILES string of the molecule is CCN1CCN(C(=O)C(C)Sc2nnc(-c3ccccc3Cl)n2C2CCCC2)CC1. The van der Waals surface area contributed by atoms with Gasteiger partial charge in [0.25, 0.3) is 0 Å². The quantitative estimate of drug-likeness (QED) is 0.616. The molecular weight excluding hydrogens is 418 g/mol. The summed E-state index contributed by atoms with van der Waals surface area (Å²) in [5, 5.41) is 10.3. The van der Waals surface area contributed by atoms with E-state index in [2.05, 4.69) is 26.6 Å². The molecule has 0 bridgehead atoms. The van der Waals surface area contributed by atoms with Gasteiger partial charge in [0.05, 0.1) is 10.3 Å². The van der Waals surface area contributed by atoms with Gasteiger partial charge in [-0.2, -0.15) is 0 Å². The Morgan fingerprint density at radius 2 is 1.87 bits per heavy atom. The average Bonchev–Trinajstić information content (AvgIpc) is 3.43. The summed E-state index contributed by atoms with van der Waals surface area (Å²) in [5.41, 5.74) is 0.903. The number of carbonyl (C=O) groups excluding carboxylic acids is 1. The highest BCUT2D eigenvalue weighted by Gasteiger charge is 2.30. The molecule has 30 heavy (non-hydrogen) atoms. The van der Waals surface area contributed by atoms with Gasteiger partial charge in [-0.1, -0.05) is 55.3 Å². The zero-order valence-corrected chi connectivity index (χ0v) is 19.3. The van der Waals surface area contributed by atoms with E-state index in [4.69, 9.17) is 11.6 Å². The molecule has 0 radical (unpaired) electrons. The van der Waals surface area contributed by atoms with Crippen LogP contribution in [0.1, 0.15) is 45.6 Å². The largest absolute Gasteiger partial charge is 0.339 e. The molecule has 0 spiro atoms. The second-order valence-electron chi connectivity index (χ2n) is 8.11. The fraction of sp³-hybridized carbons (Fsp3) is 0.591. The lowest BCUT2D eigenvalue weighted by atomic mass is 10.2. The van der Waals surface area contributed by atoms with E-state index in [9.17, 15) is 4.79 Å². The first-order chi connectivity index (χ1) is 14.6. The Kier molecular flexibility index (Phi) is 7.01. The number of aromatic nitrogens is 3. The first kappa shape index (κ1) is 21.7. The van der Waals surface area contributed by atoms with Crippen LogP contribution in [0.15, 0.2) is 29.4 Å². The maximum atomic E-state index is 13.1. The summed E-state index contributed by atoms with van der Waals surface area (Å²) in [5.74, 6) is 1.00. The summed E-state index contributed by atoms with van der Waals surface area (Å²) in [4.78, 5) is 17.4. The summed E-state index contributed by atoms with van der Waals surface area (Å²) in [7, 11) is 0. The molecule has 4 rings (SSSR count). The van der Waals surface area contributed by atoms with Crippen molar-refractivity contribution in [1.29, 1.82) is 0 Å². The van der Waals surface area contributed by atoms with Gasteiger partial charge >= 0.3 is 0 Å². The third-order valence-corrected chi connectivity index (χ3v) is 7.60. The van der Waals surface area contributed by atoms with Gasteiger partial charge < -0.3 is 9.80 Å². The minimum atomic E-state index is -0.193. The highest BCUT2D eigenvalue weighted by atomic mass is 35.5. The fourth-order valence-corrected chi connectivity index (χ4v) is 5.65. The molecule has 1 unspecified atom stereocenters. The Balaban J connectivity index is 1.55. The number of halogens is 1. The summed E-state index contributed by atoms with van der Waals surface area (Å²) >= 11 is 8.00. The number of nitrogens with zero attached hydrogens (tertiary/aromatic N) is 5. The van der Waals surface area contributed by atoms with Gasteiger partial charge in [0, 0.05) is 37.8 Å². The minimum absolute atomic E-state index is 0.191. The van der Waals surface area contributed by atoms with E-state index in [1.165, 1.54) is 24.6 Å². The summed E-state index contributed by atoms with van der Waals surface area (Å²) in [6.07, 6.45) is 4.66. The van der Waals surface area contributed by atoms with Gasteiger partial charge in [-0.25, -0.2) is 0 Å². The molecule has 1 aromatic carbocycles. The molecule has 1 amide bonds. The van der Waals surface area contributed by atoms with E-state index in [-0.39, 0.29) is 11.2 Å². The monoisotopic (exact) mass is 447 g/mol. The van der Waals surface area contributed by atoms with Crippen LogP contribution in [0.5, 0.6) is 0 Å². The molecule has 2 heterocycles. The molecule has 1 atom stereocenters. The van der Waals surface area contributed by atoms with E-state index < -0.39 is 0 Å². The van der Waals surface area contributed by atoms with Crippen LogP contribution < -0.4 is 0 Å². The third kappa shape index (κ3) is 4.53. The topological polar surface area (TPSA) is 54.3 Å². The molecule has 2 fully saturated rings. The molecule has 2 aliphatic rings. The van der Waals surface area contributed by atoms with Crippen LogP contribution in [0.4, 0.5) is 0 Å². The van der Waals surface area contributed by atoms with Gasteiger partial charge in [0.1, 0.15) is 0 Å². The molecule has 1 saturated heterocycles. The summed E-state index contributed by atoms with van der Waals surface area (Å²) in [6, 6.07) is 8.15. The highest BCUT2D eigenvalue weighted by Crippen LogP contribution is 2.39. The van der Waals surface area contributed by atoms with Crippen molar-refractivity contribution in [3.05, 3.63) is 29.3 Å². The van der Waals surface area contributed by atoms with E-state index >= 15 is 0 Å². The van der Waals surface area contributed by atoms with Crippen LogP contribution in [0.3, 0.4) is 0 Å².